The van der Waals surface area contributed by atoms with Gasteiger partial charge in [-0.3, -0.25) is 10.1 Å². The van der Waals surface area contributed by atoms with Crippen LogP contribution in [0.4, 0.5) is 9.52 Å². The zero-order valence-electron chi connectivity index (χ0n) is 15.9. The van der Waals surface area contributed by atoms with Crippen molar-refractivity contribution in [1.29, 1.82) is 0 Å². The third kappa shape index (κ3) is 4.07. The van der Waals surface area contributed by atoms with Crippen LogP contribution in [-0.4, -0.2) is 25.9 Å². The molecule has 0 aliphatic carbocycles. The van der Waals surface area contributed by atoms with Gasteiger partial charge >= 0.3 is 0 Å². The SMILES string of the molecule is CCc1nnc(NC(=O)c2cn(-c3ccc(F)cc3)nc2-c2cccc(C)c2)s1. The summed E-state index contributed by atoms with van der Waals surface area (Å²) in [6.45, 7) is 3.96. The summed E-state index contributed by atoms with van der Waals surface area (Å²) in [5.74, 6) is -0.658. The average Bonchev–Trinajstić information content (AvgIpc) is 3.35. The molecule has 0 aliphatic rings. The Balaban J connectivity index is 1.75. The maximum atomic E-state index is 13.3. The van der Waals surface area contributed by atoms with Crippen LogP contribution in [0.5, 0.6) is 0 Å². The van der Waals surface area contributed by atoms with E-state index in [1.54, 1.807) is 23.0 Å². The van der Waals surface area contributed by atoms with Gasteiger partial charge in [-0.15, -0.1) is 10.2 Å². The number of aryl methyl sites for hydroxylation is 2. The summed E-state index contributed by atoms with van der Waals surface area (Å²) in [6, 6.07) is 13.7. The highest BCUT2D eigenvalue weighted by molar-refractivity contribution is 7.15. The molecule has 2 aromatic heterocycles. The maximum Gasteiger partial charge on any atom is 0.261 e. The zero-order valence-corrected chi connectivity index (χ0v) is 16.7. The highest BCUT2D eigenvalue weighted by Crippen LogP contribution is 2.26. The van der Waals surface area contributed by atoms with Crippen molar-refractivity contribution in [3.05, 3.63) is 76.7 Å². The summed E-state index contributed by atoms with van der Waals surface area (Å²) in [5.41, 5.74) is 3.47. The van der Waals surface area contributed by atoms with Crippen molar-refractivity contribution in [3.63, 3.8) is 0 Å². The molecule has 6 nitrogen and oxygen atoms in total. The van der Waals surface area contributed by atoms with Gasteiger partial charge in [-0.25, -0.2) is 9.07 Å². The lowest BCUT2D eigenvalue weighted by atomic mass is 10.1. The molecule has 1 N–H and O–H groups in total. The molecular formula is C21H18FN5OS. The van der Waals surface area contributed by atoms with Crippen molar-refractivity contribution in [1.82, 2.24) is 20.0 Å². The van der Waals surface area contributed by atoms with Gasteiger partial charge in [0.25, 0.3) is 5.91 Å². The van der Waals surface area contributed by atoms with Crippen LogP contribution in [-0.2, 0) is 6.42 Å². The predicted molar refractivity (Wildman–Crippen MR) is 111 cm³/mol. The van der Waals surface area contributed by atoms with Crippen molar-refractivity contribution >= 4 is 22.4 Å². The van der Waals surface area contributed by atoms with E-state index >= 15 is 0 Å². The Bertz CT molecular complexity index is 1170. The van der Waals surface area contributed by atoms with E-state index in [1.807, 2.05) is 38.1 Å². The Labute approximate surface area is 171 Å². The van der Waals surface area contributed by atoms with Gasteiger partial charge < -0.3 is 0 Å². The molecule has 0 bridgehead atoms. The third-order valence-electron chi connectivity index (χ3n) is 4.33. The number of carbonyl (C=O) groups excluding carboxylic acids is 1. The molecule has 0 saturated heterocycles. The standard InChI is InChI=1S/C21H18FN5OS/c1-3-18-24-25-21(29-18)23-20(28)17-12-27(16-9-7-15(22)8-10-16)26-19(17)14-6-4-5-13(2)11-14/h4-12H,3H2,1-2H3,(H,23,25,28). The van der Waals surface area contributed by atoms with Crippen LogP contribution in [0.1, 0.15) is 27.9 Å². The highest BCUT2D eigenvalue weighted by atomic mass is 32.1. The monoisotopic (exact) mass is 407 g/mol. The van der Waals surface area contributed by atoms with Gasteiger partial charge in [0.2, 0.25) is 5.13 Å². The minimum atomic E-state index is -0.333. The fourth-order valence-electron chi connectivity index (χ4n) is 2.88. The summed E-state index contributed by atoms with van der Waals surface area (Å²) in [5, 5.41) is 16.7. The smallest absolute Gasteiger partial charge is 0.261 e. The first-order valence-electron chi connectivity index (χ1n) is 9.10. The largest absolute Gasteiger partial charge is 0.296 e. The lowest BCUT2D eigenvalue weighted by Gasteiger charge is -2.03. The lowest BCUT2D eigenvalue weighted by molar-refractivity contribution is 0.102. The zero-order chi connectivity index (χ0) is 20.4. The maximum absolute atomic E-state index is 13.3. The van der Waals surface area contributed by atoms with E-state index < -0.39 is 0 Å². The second-order valence-corrected chi connectivity index (χ2v) is 7.55. The van der Waals surface area contributed by atoms with Gasteiger partial charge in [0.1, 0.15) is 16.5 Å². The predicted octanol–water partition coefficient (Wildman–Crippen LogP) is 4.65. The lowest BCUT2D eigenvalue weighted by Crippen LogP contribution is -2.12. The van der Waals surface area contributed by atoms with E-state index in [4.69, 9.17) is 0 Å². The summed E-state index contributed by atoms with van der Waals surface area (Å²) < 4.78 is 14.9. The molecule has 0 radical (unpaired) electrons. The molecule has 2 aromatic carbocycles. The van der Waals surface area contributed by atoms with Gasteiger partial charge in [0.15, 0.2) is 0 Å². The van der Waals surface area contributed by atoms with E-state index in [0.29, 0.717) is 22.1 Å². The fourth-order valence-corrected chi connectivity index (χ4v) is 3.56. The van der Waals surface area contributed by atoms with Crippen LogP contribution in [0.3, 0.4) is 0 Å². The van der Waals surface area contributed by atoms with Gasteiger partial charge in [0.05, 0.1) is 11.3 Å². The van der Waals surface area contributed by atoms with Crippen molar-refractivity contribution in [2.75, 3.05) is 5.32 Å². The molecule has 0 fully saturated rings. The first kappa shape index (κ1) is 18.9. The van der Waals surface area contributed by atoms with Gasteiger partial charge in [-0.05, 0) is 43.7 Å². The second-order valence-electron chi connectivity index (χ2n) is 6.49. The summed E-state index contributed by atoms with van der Waals surface area (Å²) in [7, 11) is 0. The van der Waals surface area contributed by atoms with Crippen LogP contribution in [0.25, 0.3) is 16.9 Å². The number of halogens is 1. The van der Waals surface area contributed by atoms with Crippen LogP contribution in [0, 0.1) is 12.7 Å². The quantitative estimate of drug-likeness (QED) is 0.523. The molecule has 2 heterocycles. The molecule has 0 spiro atoms. The molecular weight excluding hydrogens is 389 g/mol. The molecule has 0 atom stereocenters. The van der Waals surface area contributed by atoms with Gasteiger partial charge in [0, 0.05) is 11.8 Å². The van der Waals surface area contributed by atoms with Crippen molar-refractivity contribution in [2.24, 2.45) is 0 Å². The topological polar surface area (TPSA) is 72.7 Å². The summed E-state index contributed by atoms with van der Waals surface area (Å²) >= 11 is 1.34. The van der Waals surface area contributed by atoms with Gasteiger partial charge in [-0.2, -0.15) is 5.10 Å². The number of rotatable bonds is 5. The number of hydrogen-bond donors (Lipinski definition) is 1. The highest BCUT2D eigenvalue weighted by Gasteiger charge is 2.20. The second kappa shape index (κ2) is 7.92. The van der Waals surface area contributed by atoms with Gasteiger partial charge in [-0.1, -0.05) is 42.0 Å². The van der Waals surface area contributed by atoms with Crippen molar-refractivity contribution in [2.45, 2.75) is 20.3 Å². The summed E-state index contributed by atoms with van der Waals surface area (Å²) in [4.78, 5) is 13.0. The minimum absolute atomic E-state index is 0.325. The number of benzene rings is 2. The third-order valence-corrected chi connectivity index (χ3v) is 5.31. The average molecular weight is 407 g/mol. The molecule has 8 heteroatoms. The van der Waals surface area contributed by atoms with E-state index in [1.165, 1.54) is 23.5 Å². The summed E-state index contributed by atoms with van der Waals surface area (Å²) in [6.07, 6.45) is 2.40. The molecule has 0 saturated carbocycles. The Kier molecular flexibility index (Phi) is 5.18. The van der Waals surface area contributed by atoms with Crippen LogP contribution in [0.15, 0.2) is 54.7 Å². The molecule has 0 unspecified atom stereocenters. The van der Waals surface area contributed by atoms with Crippen LogP contribution >= 0.6 is 11.3 Å². The van der Waals surface area contributed by atoms with Crippen molar-refractivity contribution in [3.8, 4) is 16.9 Å². The number of hydrogen-bond acceptors (Lipinski definition) is 5. The number of aromatic nitrogens is 4. The van der Waals surface area contributed by atoms with E-state index in [9.17, 15) is 9.18 Å². The molecule has 29 heavy (non-hydrogen) atoms. The number of amides is 1. The number of nitrogens with zero attached hydrogens (tertiary/aromatic N) is 4. The molecule has 1 amide bonds. The van der Waals surface area contributed by atoms with E-state index in [0.717, 1.165) is 22.6 Å². The minimum Gasteiger partial charge on any atom is -0.296 e. The fraction of sp³-hybridized carbons (Fsp3) is 0.143. The van der Waals surface area contributed by atoms with Crippen molar-refractivity contribution < 1.29 is 9.18 Å². The Hall–Kier alpha value is -3.39. The number of carbonyl (C=O) groups is 1. The Morgan fingerprint density at radius 3 is 2.66 bits per heavy atom. The molecule has 146 valence electrons. The van der Waals surface area contributed by atoms with Crippen LogP contribution in [0.2, 0.25) is 0 Å². The van der Waals surface area contributed by atoms with Crippen LogP contribution < -0.4 is 5.32 Å². The van der Waals surface area contributed by atoms with E-state index in [-0.39, 0.29) is 11.7 Å². The normalized spacial score (nSPS) is 10.9. The Morgan fingerprint density at radius 2 is 1.97 bits per heavy atom. The first-order chi connectivity index (χ1) is 14.0. The first-order valence-corrected chi connectivity index (χ1v) is 9.91. The Morgan fingerprint density at radius 1 is 1.17 bits per heavy atom. The molecule has 4 rings (SSSR count). The molecule has 0 aliphatic heterocycles. The molecule has 4 aromatic rings. The number of anilines is 1. The number of nitrogens with one attached hydrogen (secondary N) is 1. The van der Waals surface area contributed by atoms with E-state index in [2.05, 4.69) is 20.6 Å².